The lowest BCUT2D eigenvalue weighted by Gasteiger charge is -2.37. The molecular formula is C24H27N3O8. The third-order valence-corrected chi connectivity index (χ3v) is 6.59. The Kier molecular flexibility index (Phi) is 7.15. The zero-order valence-electron chi connectivity index (χ0n) is 19.2. The number of nitrogens with zero attached hydrogens (tertiary/aromatic N) is 2. The van der Waals surface area contributed by atoms with Gasteiger partial charge in [-0.25, -0.2) is 0 Å². The standard InChI is InChI=1S/C24H27N3O8/c1-34-16-9-6-15(7-10-16)26(20(29)13-28)19-5-3-2-4-14-8-11-18(27(14)23(19)32)22(31)25-17-12-21(30)35-24(17)33/h2-3,6-7,9-10,13-14,17-19,24,33H,4-5,8,11-12H2,1H3,(H,25,31)/t14-,17?,18+,19+,24?/m1/s1. The summed E-state index contributed by atoms with van der Waals surface area (Å²) in [4.78, 5) is 65.2. The maximum Gasteiger partial charge on any atom is 0.310 e. The number of aldehydes is 1. The molecule has 11 heteroatoms. The molecule has 0 saturated carbocycles. The molecule has 35 heavy (non-hydrogen) atoms. The summed E-state index contributed by atoms with van der Waals surface area (Å²) in [6.07, 6.45) is 3.90. The number of fused-ring (bicyclic) bond motifs is 1. The zero-order valence-corrected chi connectivity index (χ0v) is 19.2. The van der Waals surface area contributed by atoms with Crippen LogP contribution in [0.2, 0.25) is 0 Å². The smallest absolute Gasteiger partial charge is 0.310 e. The van der Waals surface area contributed by atoms with Gasteiger partial charge < -0.3 is 24.8 Å². The fourth-order valence-electron chi connectivity index (χ4n) is 4.88. The summed E-state index contributed by atoms with van der Waals surface area (Å²) >= 11 is 0. The van der Waals surface area contributed by atoms with E-state index in [4.69, 9.17) is 4.74 Å². The molecule has 0 radical (unpaired) electrons. The molecule has 0 spiro atoms. The van der Waals surface area contributed by atoms with Crippen molar-refractivity contribution in [3.63, 3.8) is 0 Å². The first-order valence-corrected chi connectivity index (χ1v) is 11.4. The SMILES string of the molecule is COc1ccc(N(C(=O)C=O)[C@H]2CC=CC[C@@H]3CC[C@@H](C(=O)NC4CC(=O)OC4O)N3C2=O)cc1. The molecule has 5 atom stereocenters. The molecule has 2 fully saturated rings. The summed E-state index contributed by atoms with van der Waals surface area (Å²) in [5.74, 6) is -1.93. The minimum Gasteiger partial charge on any atom is -0.497 e. The van der Waals surface area contributed by atoms with Gasteiger partial charge in [-0.05, 0) is 49.9 Å². The Balaban J connectivity index is 1.62. The normalized spacial score (nSPS) is 27.9. The predicted molar refractivity (Wildman–Crippen MR) is 121 cm³/mol. The lowest BCUT2D eigenvalue weighted by molar-refractivity contribution is -0.155. The van der Waals surface area contributed by atoms with Gasteiger partial charge in [0.2, 0.25) is 24.4 Å². The van der Waals surface area contributed by atoms with E-state index >= 15 is 0 Å². The third kappa shape index (κ3) is 4.90. The molecular weight excluding hydrogens is 458 g/mol. The molecule has 2 unspecified atom stereocenters. The monoisotopic (exact) mass is 485 g/mol. The number of carbonyl (C=O) groups is 5. The number of hydrogen-bond acceptors (Lipinski definition) is 8. The van der Waals surface area contributed by atoms with Gasteiger partial charge in [0.25, 0.3) is 5.91 Å². The number of hydrogen-bond donors (Lipinski definition) is 2. The Morgan fingerprint density at radius 3 is 2.51 bits per heavy atom. The minimum absolute atomic E-state index is 0.157. The van der Waals surface area contributed by atoms with E-state index < -0.39 is 48.1 Å². The molecule has 0 aromatic heterocycles. The van der Waals surface area contributed by atoms with E-state index in [2.05, 4.69) is 10.1 Å². The first-order chi connectivity index (χ1) is 16.8. The van der Waals surface area contributed by atoms with Crippen LogP contribution < -0.4 is 15.0 Å². The number of aliphatic hydroxyl groups excluding tert-OH is 1. The largest absolute Gasteiger partial charge is 0.497 e. The van der Waals surface area contributed by atoms with Gasteiger partial charge in [0, 0.05) is 11.7 Å². The van der Waals surface area contributed by atoms with Crippen molar-refractivity contribution in [3.8, 4) is 5.75 Å². The number of esters is 1. The third-order valence-electron chi connectivity index (χ3n) is 6.59. The highest BCUT2D eigenvalue weighted by Crippen LogP contribution is 2.32. The van der Waals surface area contributed by atoms with Crippen molar-refractivity contribution in [1.82, 2.24) is 10.2 Å². The highest BCUT2D eigenvalue weighted by molar-refractivity contribution is 6.31. The number of benzene rings is 1. The van der Waals surface area contributed by atoms with E-state index in [1.54, 1.807) is 30.3 Å². The summed E-state index contributed by atoms with van der Waals surface area (Å²) in [6.45, 7) is 0. The van der Waals surface area contributed by atoms with Crippen LogP contribution in [0.5, 0.6) is 5.75 Å². The molecule has 11 nitrogen and oxygen atoms in total. The maximum atomic E-state index is 13.9. The van der Waals surface area contributed by atoms with Crippen LogP contribution in [-0.2, 0) is 28.7 Å². The summed E-state index contributed by atoms with van der Waals surface area (Å²) < 4.78 is 9.83. The number of carbonyl (C=O) groups excluding carboxylic acids is 5. The highest BCUT2D eigenvalue weighted by Gasteiger charge is 2.46. The number of anilines is 1. The number of cyclic esters (lactones) is 1. The van der Waals surface area contributed by atoms with E-state index in [1.165, 1.54) is 12.0 Å². The van der Waals surface area contributed by atoms with Crippen molar-refractivity contribution in [2.45, 2.75) is 62.6 Å². The van der Waals surface area contributed by atoms with Gasteiger partial charge in [-0.3, -0.25) is 28.9 Å². The number of amides is 3. The topological polar surface area (TPSA) is 143 Å². The van der Waals surface area contributed by atoms with Crippen molar-refractivity contribution in [3.05, 3.63) is 36.4 Å². The maximum absolute atomic E-state index is 13.9. The highest BCUT2D eigenvalue weighted by atomic mass is 16.6. The van der Waals surface area contributed by atoms with Crippen LogP contribution >= 0.6 is 0 Å². The second kappa shape index (κ2) is 10.3. The number of nitrogens with one attached hydrogen (secondary N) is 1. The van der Waals surface area contributed by atoms with Gasteiger partial charge in [-0.2, -0.15) is 0 Å². The van der Waals surface area contributed by atoms with Crippen LogP contribution in [0.15, 0.2) is 36.4 Å². The fraction of sp³-hybridized carbons (Fsp3) is 0.458. The van der Waals surface area contributed by atoms with E-state index in [9.17, 15) is 29.1 Å². The number of rotatable bonds is 6. The van der Waals surface area contributed by atoms with Crippen LogP contribution in [-0.4, -0.2) is 77.6 Å². The lowest BCUT2D eigenvalue weighted by atomic mass is 10.0. The second-order valence-electron chi connectivity index (χ2n) is 8.67. The second-order valence-corrected chi connectivity index (χ2v) is 8.67. The van der Waals surface area contributed by atoms with Gasteiger partial charge in [0.1, 0.15) is 23.9 Å². The lowest BCUT2D eigenvalue weighted by Crippen LogP contribution is -2.58. The molecule has 3 aliphatic rings. The number of ether oxygens (including phenoxy) is 2. The Labute approximate surface area is 201 Å². The summed E-state index contributed by atoms with van der Waals surface area (Å²) in [6, 6.07) is 3.34. The van der Waals surface area contributed by atoms with Crippen molar-refractivity contribution in [1.29, 1.82) is 0 Å². The van der Waals surface area contributed by atoms with Crippen molar-refractivity contribution in [2.75, 3.05) is 12.0 Å². The van der Waals surface area contributed by atoms with Crippen LogP contribution in [0.1, 0.15) is 32.1 Å². The molecule has 186 valence electrons. The summed E-state index contributed by atoms with van der Waals surface area (Å²) in [5, 5.41) is 12.5. The quantitative estimate of drug-likeness (QED) is 0.249. The Hall–Kier alpha value is -3.73. The van der Waals surface area contributed by atoms with E-state index in [0.717, 1.165) is 4.90 Å². The van der Waals surface area contributed by atoms with Crippen LogP contribution in [0.25, 0.3) is 0 Å². The number of methoxy groups -OCH3 is 1. The molecule has 1 aromatic carbocycles. The number of aliphatic hydroxyl groups is 1. The fourth-order valence-corrected chi connectivity index (χ4v) is 4.88. The van der Waals surface area contributed by atoms with Crippen molar-refractivity contribution >= 4 is 35.7 Å². The summed E-state index contributed by atoms with van der Waals surface area (Å²) in [5.41, 5.74) is 0.344. The average molecular weight is 485 g/mol. The van der Waals surface area contributed by atoms with Crippen molar-refractivity contribution in [2.24, 2.45) is 0 Å². The Morgan fingerprint density at radius 1 is 1.17 bits per heavy atom. The first-order valence-electron chi connectivity index (χ1n) is 11.4. The van der Waals surface area contributed by atoms with Crippen molar-refractivity contribution < 1.29 is 38.6 Å². The molecule has 3 amide bonds. The molecule has 3 heterocycles. The van der Waals surface area contributed by atoms with Crippen LogP contribution in [0.3, 0.4) is 0 Å². The van der Waals surface area contributed by atoms with E-state index in [1.807, 2.05) is 6.08 Å². The minimum atomic E-state index is -1.45. The molecule has 0 aliphatic carbocycles. The zero-order chi connectivity index (χ0) is 25.1. The molecule has 1 aromatic rings. The van der Waals surface area contributed by atoms with Gasteiger partial charge in [-0.1, -0.05) is 12.2 Å². The first kappa shape index (κ1) is 24.4. The predicted octanol–water partition coefficient (Wildman–Crippen LogP) is 0.0554. The Bertz CT molecular complexity index is 1040. The van der Waals surface area contributed by atoms with Gasteiger partial charge >= 0.3 is 5.97 Å². The van der Waals surface area contributed by atoms with Gasteiger partial charge in [-0.15, -0.1) is 0 Å². The average Bonchev–Trinajstić information content (AvgIpc) is 3.41. The van der Waals surface area contributed by atoms with E-state index in [0.29, 0.717) is 30.7 Å². The molecule has 4 rings (SSSR count). The van der Waals surface area contributed by atoms with Crippen LogP contribution in [0, 0.1) is 0 Å². The van der Waals surface area contributed by atoms with Crippen LogP contribution in [0.4, 0.5) is 5.69 Å². The van der Waals surface area contributed by atoms with Gasteiger partial charge in [0.05, 0.1) is 13.5 Å². The molecule has 0 bridgehead atoms. The molecule has 3 aliphatic heterocycles. The van der Waals surface area contributed by atoms with E-state index in [-0.39, 0.29) is 25.2 Å². The summed E-state index contributed by atoms with van der Waals surface area (Å²) in [7, 11) is 1.50. The Morgan fingerprint density at radius 2 is 1.89 bits per heavy atom. The molecule has 2 N–H and O–H groups in total. The van der Waals surface area contributed by atoms with Gasteiger partial charge in [0.15, 0.2) is 0 Å². The molecule has 2 saturated heterocycles.